The third-order valence-electron chi connectivity index (χ3n) is 7.24. The lowest BCUT2D eigenvalue weighted by molar-refractivity contribution is -0.137. The van der Waals surface area contributed by atoms with E-state index in [0.717, 1.165) is 45.2 Å². The summed E-state index contributed by atoms with van der Waals surface area (Å²) in [7, 11) is 4.08. The molecule has 6 aromatic rings. The van der Waals surface area contributed by atoms with E-state index in [-0.39, 0.29) is 0 Å². The number of aliphatic imine (C=N–C) groups is 1. The van der Waals surface area contributed by atoms with Crippen LogP contribution in [0.5, 0.6) is 0 Å². The van der Waals surface area contributed by atoms with Gasteiger partial charge in [0.1, 0.15) is 0 Å². The van der Waals surface area contributed by atoms with E-state index < -0.39 is 11.7 Å². The molecule has 0 spiro atoms. The maximum absolute atomic E-state index is 12.8. The minimum Gasteiger partial charge on any atom is -0.377 e. The molecule has 0 saturated heterocycles. The normalized spacial score (nSPS) is 12.3. The molecule has 6 nitrogen and oxygen atoms in total. The number of anilines is 1. The second kappa shape index (κ2) is 12.5. The fourth-order valence-corrected chi connectivity index (χ4v) is 4.95. The minimum absolute atomic E-state index is 0.321. The summed E-state index contributed by atoms with van der Waals surface area (Å²) in [5.74, 6) is 0. The lowest BCUT2D eigenvalue weighted by Gasteiger charge is -2.16. The summed E-state index contributed by atoms with van der Waals surface area (Å²) in [6.45, 7) is 0. The molecular formula is C36H27F3N6. The van der Waals surface area contributed by atoms with Crippen molar-refractivity contribution in [2.24, 2.45) is 25.4 Å². The number of halogens is 3. The van der Waals surface area contributed by atoms with Gasteiger partial charge in [0, 0.05) is 47.7 Å². The second-order valence-electron chi connectivity index (χ2n) is 10.5. The molecule has 0 aliphatic rings. The highest BCUT2D eigenvalue weighted by atomic mass is 19.4. The first-order valence-electron chi connectivity index (χ1n) is 14.1. The van der Waals surface area contributed by atoms with Crippen molar-refractivity contribution in [3.63, 3.8) is 0 Å². The average Bonchev–Trinajstić information content (AvgIpc) is 3.05. The smallest absolute Gasteiger partial charge is 0.377 e. The predicted molar refractivity (Wildman–Crippen MR) is 176 cm³/mol. The monoisotopic (exact) mass is 600 g/mol. The first-order chi connectivity index (χ1) is 21.8. The molecule has 0 unspecified atom stereocenters. The topological polar surface area (TPSA) is 65.0 Å². The van der Waals surface area contributed by atoms with Crippen LogP contribution in [0.3, 0.4) is 0 Å². The van der Waals surface area contributed by atoms with E-state index in [0.29, 0.717) is 22.7 Å². The molecule has 0 aliphatic carbocycles. The van der Waals surface area contributed by atoms with E-state index in [1.54, 1.807) is 24.3 Å². The van der Waals surface area contributed by atoms with Gasteiger partial charge < -0.3 is 4.90 Å². The third kappa shape index (κ3) is 6.62. The summed E-state index contributed by atoms with van der Waals surface area (Å²) in [6.07, 6.45) is -2.49. The van der Waals surface area contributed by atoms with E-state index in [9.17, 15) is 13.2 Å². The van der Waals surface area contributed by atoms with Crippen molar-refractivity contribution < 1.29 is 13.2 Å². The van der Waals surface area contributed by atoms with Gasteiger partial charge in [0.25, 0.3) is 0 Å². The van der Waals surface area contributed by atoms with Crippen LogP contribution in [-0.4, -0.2) is 20.3 Å². The lowest BCUT2D eigenvalue weighted by Crippen LogP contribution is -2.09. The summed E-state index contributed by atoms with van der Waals surface area (Å²) in [5, 5.41) is 21.2. The maximum atomic E-state index is 12.8. The van der Waals surface area contributed by atoms with Gasteiger partial charge >= 0.3 is 6.18 Å². The van der Waals surface area contributed by atoms with Gasteiger partial charge in [0.05, 0.1) is 34.0 Å². The quantitative estimate of drug-likeness (QED) is 0.133. The summed E-state index contributed by atoms with van der Waals surface area (Å²) >= 11 is 0. The zero-order valence-corrected chi connectivity index (χ0v) is 24.4. The van der Waals surface area contributed by atoms with Crippen molar-refractivity contribution in [1.29, 1.82) is 0 Å². The van der Waals surface area contributed by atoms with Crippen LogP contribution in [0.2, 0.25) is 0 Å². The Kier molecular flexibility index (Phi) is 8.16. The highest BCUT2D eigenvalue weighted by molar-refractivity contribution is 6.07. The molecule has 0 aliphatic heterocycles. The molecular weight excluding hydrogens is 573 g/mol. The van der Waals surface area contributed by atoms with Crippen molar-refractivity contribution in [2.45, 2.75) is 6.18 Å². The molecule has 0 atom stereocenters. The van der Waals surface area contributed by atoms with Gasteiger partial charge in [-0.1, -0.05) is 54.6 Å². The van der Waals surface area contributed by atoms with Gasteiger partial charge in [0.15, 0.2) is 0 Å². The number of nitrogens with zero attached hydrogens (tertiary/aromatic N) is 6. The van der Waals surface area contributed by atoms with Crippen LogP contribution in [0.15, 0.2) is 147 Å². The Hall–Kier alpha value is -5.70. The zero-order valence-electron chi connectivity index (χ0n) is 24.4. The van der Waals surface area contributed by atoms with Gasteiger partial charge in [-0.15, -0.1) is 5.11 Å². The van der Waals surface area contributed by atoms with Crippen LogP contribution in [0.1, 0.15) is 11.1 Å². The highest BCUT2D eigenvalue weighted by Gasteiger charge is 2.29. The van der Waals surface area contributed by atoms with Crippen LogP contribution in [-0.2, 0) is 6.18 Å². The maximum Gasteiger partial charge on any atom is 0.416 e. The molecule has 0 radical (unpaired) electrons. The van der Waals surface area contributed by atoms with E-state index in [2.05, 4.69) is 49.6 Å². The fraction of sp³-hybridized carbons (Fsp3) is 0.0833. The second-order valence-corrected chi connectivity index (χ2v) is 10.5. The lowest BCUT2D eigenvalue weighted by atomic mass is 10.0. The van der Waals surface area contributed by atoms with Gasteiger partial charge in [-0.25, -0.2) is 0 Å². The summed E-state index contributed by atoms with van der Waals surface area (Å²) < 4.78 is 38.3. The Morgan fingerprint density at radius 1 is 0.511 bits per heavy atom. The van der Waals surface area contributed by atoms with Crippen LogP contribution in [0.25, 0.3) is 21.5 Å². The molecule has 0 amide bonds. The highest BCUT2D eigenvalue weighted by Crippen LogP contribution is 2.35. The number of alkyl halides is 3. The molecule has 45 heavy (non-hydrogen) atoms. The largest absolute Gasteiger partial charge is 0.416 e. The Labute approximate surface area is 257 Å². The number of hydrogen-bond donors (Lipinski definition) is 0. The number of benzene rings is 6. The van der Waals surface area contributed by atoms with Gasteiger partial charge in [-0.05, 0) is 72.1 Å². The Morgan fingerprint density at radius 3 is 1.58 bits per heavy atom. The fourth-order valence-electron chi connectivity index (χ4n) is 4.95. The van der Waals surface area contributed by atoms with Crippen molar-refractivity contribution in [1.82, 2.24) is 0 Å². The molecule has 0 N–H and O–H groups in total. The summed E-state index contributed by atoms with van der Waals surface area (Å²) in [6, 6.07) is 35.7. The van der Waals surface area contributed by atoms with Crippen molar-refractivity contribution in [3.05, 3.63) is 132 Å². The van der Waals surface area contributed by atoms with Crippen molar-refractivity contribution >= 4 is 61.9 Å². The van der Waals surface area contributed by atoms with Crippen LogP contribution < -0.4 is 4.90 Å². The molecule has 6 aromatic carbocycles. The standard InChI is InChI=1S/C36H27F3N6/c1-45(2)35-22-11-24(29-7-3-6-10-32(29)35)23-40-33-20-21-34(31-9-5-4-8-30(31)33)44-43-28-18-16-27(17-19-28)42-41-26-14-12-25(13-15-26)36(37,38)39/h3-23H,1-2H3/b40-23+,42-41+,44-43+. The molecule has 0 heterocycles. The first-order valence-corrected chi connectivity index (χ1v) is 14.1. The van der Waals surface area contributed by atoms with E-state index in [1.807, 2.05) is 68.8 Å². The zero-order chi connectivity index (χ0) is 31.4. The van der Waals surface area contributed by atoms with E-state index in [4.69, 9.17) is 4.99 Å². The average molecular weight is 601 g/mol. The molecule has 9 heteroatoms. The van der Waals surface area contributed by atoms with Crippen LogP contribution in [0, 0.1) is 0 Å². The van der Waals surface area contributed by atoms with Gasteiger partial charge in [-0.2, -0.15) is 28.5 Å². The number of rotatable bonds is 7. The number of hydrogen-bond acceptors (Lipinski definition) is 6. The molecule has 6 rings (SSSR count). The Morgan fingerprint density at radius 2 is 1.00 bits per heavy atom. The van der Waals surface area contributed by atoms with Crippen molar-refractivity contribution in [3.8, 4) is 0 Å². The molecule has 0 aromatic heterocycles. The van der Waals surface area contributed by atoms with Crippen LogP contribution >= 0.6 is 0 Å². The van der Waals surface area contributed by atoms with E-state index in [1.165, 1.54) is 17.5 Å². The van der Waals surface area contributed by atoms with Gasteiger partial charge in [0.2, 0.25) is 0 Å². The summed E-state index contributed by atoms with van der Waals surface area (Å²) in [4.78, 5) is 6.98. The SMILES string of the molecule is CN(C)c1ccc(/C=N/c2ccc(/N=N/c3ccc(/N=N/c4ccc(C(F)(F)F)cc4)cc3)c3ccccc23)c2ccccc12. The van der Waals surface area contributed by atoms with Gasteiger partial charge in [-0.3, -0.25) is 4.99 Å². The Bertz CT molecular complexity index is 2060. The molecule has 0 saturated carbocycles. The molecule has 0 fully saturated rings. The minimum atomic E-state index is -4.39. The van der Waals surface area contributed by atoms with Crippen LogP contribution in [0.4, 0.5) is 47.3 Å². The van der Waals surface area contributed by atoms with E-state index >= 15 is 0 Å². The predicted octanol–water partition coefficient (Wildman–Crippen LogP) is 11.7. The summed E-state index contributed by atoms with van der Waals surface area (Å²) in [5.41, 5.74) is 4.46. The third-order valence-corrected chi connectivity index (χ3v) is 7.24. The van der Waals surface area contributed by atoms with Crippen molar-refractivity contribution in [2.75, 3.05) is 19.0 Å². The molecule has 222 valence electrons. The molecule has 0 bridgehead atoms. The first kappa shape index (κ1) is 29.4. The number of azo groups is 2. The Balaban J connectivity index is 1.21. The number of fused-ring (bicyclic) bond motifs is 2.